The molecule has 0 aliphatic carbocycles. The number of fused-ring (bicyclic) bond motifs is 2. The fraction of sp³-hybridized carbons (Fsp3) is 0.250. The van der Waals surface area contributed by atoms with E-state index in [0.717, 1.165) is 24.1 Å². The van der Waals surface area contributed by atoms with Gasteiger partial charge in [-0.15, -0.1) is 0 Å². The molecule has 0 saturated carbocycles. The van der Waals surface area contributed by atoms with Gasteiger partial charge in [0, 0.05) is 6.07 Å². The van der Waals surface area contributed by atoms with E-state index in [1.54, 1.807) is 33.8 Å². The van der Waals surface area contributed by atoms with E-state index in [2.05, 4.69) is 45.7 Å². The first-order valence-electron chi connectivity index (χ1n) is 6.87. The minimum atomic E-state index is -0.376. The summed E-state index contributed by atoms with van der Waals surface area (Å²) in [6.45, 7) is 0. The van der Waals surface area contributed by atoms with Crippen molar-refractivity contribution in [2.45, 2.75) is 12.8 Å². The molecule has 2 aromatic rings. The van der Waals surface area contributed by atoms with Crippen LogP contribution in [-0.4, -0.2) is 25.2 Å². The molecular weight excluding hydrogens is 588 g/mol. The van der Waals surface area contributed by atoms with Crippen LogP contribution in [0.4, 0.5) is 0 Å². The molecule has 8 heteroatoms. The Labute approximate surface area is 169 Å². The molecule has 0 radical (unpaired) electrons. The van der Waals surface area contributed by atoms with E-state index in [0.29, 0.717) is 22.9 Å². The van der Waals surface area contributed by atoms with Gasteiger partial charge in [-0.3, -0.25) is 0 Å². The molecule has 3 rings (SSSR count). The Morgan fingerprint density at radius 3 is 2.58 bits per heavy atom. The number of pyridine rings is 1. The molecule has 1 aromatic carbocycles. The maximum atomic E-state index is 11.6. The Bertz CT molecular complexity index is 727. The van der Waals surface area contributed by atoms with Gasteiger partial charge in [-0.2, -0.15) is 0 Å². The normalized spacial score (nSPS) is 11.8. The summed E-state index contributed by atoms with van der Waals surface area (Å²) in [5, 5.41) is 0. The van der Waals surface area contributed by atoms with Gasteiger partial charge in [0.15, 0.2) is 0 Å². The average Bonchev–Trinajstić information content (AvgIpc) is 2.79. The topological polar surface area (TPSA) is 57.7 Å². The second kappa shape index (κ2) is 9.79. The summed E-state index contributed by atoms with van der Waals surface area (Å²) >= 11 is 4.36. The summed E-state index contributed by atoms with van der Waals surface area (Å²) in [4.78, 5) is 16.0. The summed E-state index contributed by atoms with van der Waals surface area (Å²) in [6.07, 6.45) is 1.56. The molecule has 0 amide bonds. The molecule has 24 heavy (non-hydrogen) atoms. The number of nitrogens with zero attached hydrogens (tertiary/aromatic N) is 1. The number of halogens is 2. The molecule has 5 nitrogen and oxygen atoms in total. The van der Waals surface area contributed by atoms with Crippen LogP contribution in [0, 0.1) is 0 Å². The Balaban J connectivity index is 0.000000647. The van der Waals surface area contributed by atoms with E-state index in [1.165, 1.54) is 7.11 Å². The van der Waals surface area contributed by atoms with Crippen molar-refractivity contribution < 1.29 is 27.5 Å². The van der Waals surface area contributed by atoms with Crippen molar-refractivity contribution in [1.82, 2.24) is 4.98 Å². The average molecular weight is 603 g/mol. The Kier molecular flexibility index (Phi) is 8.05. The molecule has 0 spiro atoms. The quantitative estimate of drug-likeness (QED) is 0.287. The van der Waals surface area contributed by atoms with E-state index in [-0.39, 0.29) is 5.97 Å². The number of carbonyl (C=O) groups excluding carboxylic acids is 1. The number of esters is 1. The summed E-state index contributed by atoms with van der Waals surface area (Å²) in [6, 6.07) is 8.94. The number of methoxy groups -OCH3 is 2. The van der Waals surface area contributed by atoms with Crippen molar-refractivity contribution in [3.63, 3.8) is 0 Å². The zero-order valence-corrected chi connectivity index (χ0v) is 18.2. The van der Waals surface area contributed by atoms with E-state index in [9.17, 15) is 4.79 Å². The van der Waals surface area contributed by atoms with Gasteiger partial charge >= 0.3 is 55.1 Å². The number of carbonyl (C=O) groups is 1. The van der Waals surface area contributed by atoms with Crippen LogP contribution >= 0.6 is 40.7 Å². The van der Waals surface area contributed by atoms with Crippen LogP contribution < -0.4 is 9.47 Å². The Morgan fingerprint density at radius 2 is 1.92 bits per heavy atom. The van der Waals surface area contributed by atoms with Crippen LogP contribution in [0.15, 0.2) is 30.3 Å². The molecule has 133 valence electrons. The first-order chi connectivity index (χ1) is 11.6. The predicted octanol–water partition coefficient (Wildman–Crippen LogP) is 4.54. The van der Waals surface area contributed by atoms with Crippen LogP contribution in [0.1, 0.15) is 21.6 Å². The number of aromatic nitrogens is 1. The van der Waals surface area contributed by atoms with Crippen LogP contribution in [0.2, 0.25) is 0 Å². The molecule has 1 aliphatic rings. The van der Waals surface area contributed by atoms with Gasteiger partial charge < -0.3 is 14.2 Å². The van der Waals surface area contributed by atoms with Crippen molar-refractivity contribution in [2.24, 2.45) is 0 Å². The van der Waals surface area contributed by atoms with Gasteiger partial charge in [-0.25, -0.2) is 9.78 Å². The van der Waals surface area contributed by atoms with Crippen LogP contribution in [0.25, 0.3) is 0 Å². The number of ether oxygens (including phenoxy) is 3. The maximum absolute atomic E-state index is 11.6. The molecule has 0 bridgehead atoms. The first kappa shape index (κ1) is 19.7. The summed E-state index contributed by atoms with van der Waals surface area (Å²) in [5.74, 6) is 1.55. The van der Waals surface area contributed by atoms with Crippen molar-refractivity contribution in [3.8, 4) is 17.4 Å². The third-order valence-electron chi connectivity index (χ3n) is 3.46. The molecule has 0 N–H and O–H groups in total. The predicted molar refractivity (Wildman–Crippen MR) is 104 cm³/mol. The van der Waals surface area contributed by atoms with Crippen molar-refractivity contribution in [2.75, 3.05) is 14.2 Å². The van der Waals surface area contributed by atoms with Crippen LogP contribution in [-0.2, 0) is 26.0 Å². The van der Waals surface area contributed by atoms with Gasteiger partial charge in [-0.1, -0.05) is 6.07 Å². The third kappa shape index (κ3) is 4.96. The number of rotatable bonds is 2. The van der Waals surface area contributed by atoms with E-state index in [1.807, 2.05) is 12.1 Å². The van der Waals surface area contributed by atoms with Gasteiger partial charge in [0.1, 0.15) is 11.5 Å². The van der Waals surface area contributed by atoms with E-state index < -0.39 is 0 Å². The number of hydrogen-bond donors (Lipinski definition) is 0. The Morgan fingerprint density at radius 1 is 1.17 bits per heavy atom. The molecule has 0 fully saturated rings. The van der Waals surface area contributed by atoms with Crippen molar-refractivity contribution in [1.29, 1.82) is 0 Å². The molecule has 2 heterocycles. The molecule has 0 atom stereocenters. The third-order valence-corrected chi connectivity index (χ3v) is 3.46. The van der Waals surface area contributed by atoms with Gasteiger partial charge in [0.05, 0.1) is 25.5 Å². The summed E-state index contributed by atoms with van der Waals surface area (Å²) in [5.41, 5.74) is 2.37. The van der Waals surface area contributed by atoms with Crippen LogP contribution in [0.3, 0.4) is 0 Å². The fourth-order valence-corrected chi connectivity index (χ4v) is 2.33. The SMILES string of the molecule is COC(=O)c1ccc2c(c1)Oc1ccc(OC)nc1CC2.[I][Cu][I]. The summed E-state index contributed by atoms with van der Waals surface area (Å²) in [7, 11) is 4.70. The number of hydrogen-bond acceptors (Lipinski definition) is 5. The monoisotopic (exact) mass is 602 g/mol. The van der Waals surface area contributed by atoms with Crippen molar-refractivity contribution >= 4 is 46.7 Å². The molecule has 0 saturated heterocycles. The molecule has 1 aromatic heterocycles. The van der Waals surface area contributed by atoms with E-state index in [4.69, 9.17) is 14.2 Å². The van der Waals surface area contributed by atoms with Gasteiger partial charge in [0.25, 0.3) is 0 Å². The van der Waals surface area contributed by atoms with Crippen molar-refractivity contribution in [3.05, 3.63) is 47.2 Å². The van der Waals surface area contributed by atoms with Crippen LogP contribution in [0.5, 0.6) is 17.4 Å². The second-order valence-electron chi connectivity index (χ2n) is 4.76. The standard InChI is InChI=1S/C16H15NO4.Cu.2HI/c1-19-15-8-7-13-12(17-15)6-5-10-3-4-11(16(18)20-2)9-14(10)21-13;;;/h3-4,7-9H,5-6H2,1-2H3;;2*1H/q;+2;;/p-2. The number of aryl methyl sites for hydroxylation is 2. The second-order valence-corrected chi connectivity index (χ2v) is 12.7. The van der Waals surface area contributed by atoms with Gasteiger partial charge in [-0.05, 0) is 36.6 Å². The van der Waals surface area contributed by atoms with E-state index >= 15 is 0 Å². The zero-order chi connectivity index (χ0) is 17.5. The summed E-state index contributed by atoms with van der Waals surface area (Å²) < 4.78 is 15.8. The molecule has 0 unspecified atom stereocenters. The number of benzene rings is 1. The van der Waals surface area contributed by atoms with Gasteiger partial charge in [0.2, 0.25) is 5.88 Å². The first-order valence-corrected chi connectivity index (χ1v) is 12.9. The molecule has 1 aliphatic heterocycles. The minimum absolute atomic E-state index is 0.376. The zero-order valence-electron chi connectivity index (χ0n) is 12.9. The Hall–Kier alpha value is -0.581. The fourth-order valence-electron chi connectivity index (χ4n) is 2.33. The molecular formula is C16H15CuI2NO4.